The number of carbonyl (C=O) groups excluding carboxylic acids is 2. The summed E-state index contributed by atoms with van der Waals surface area (Å²) in [5.74, 6) is -2.58. The van der Waals surface area contributed by atoms with Crippen molar-refractivity contribution in [2.24, 2.45) is 0 Å². The van der Waals surface area contributed by atoms with Crippen molar-refractivity contribution in [2.45, 2.75) is 20.0 Å². The van der Waals surface area contributed by atoms with Gasteiger partial charge in [0.15, 0.2) is 18.1 Å². The lowest BCUT2D eigenvalue weighted by atomic mass is 10.1. The van der Waals surface area contributed by atoms with Gasteiger partial charge in [-0.15, -0.1) is 0 Å². The first-order valence-corrected chi connectivity index (χ1v) is 10.0. The lowest BCUT2D eigenvalue weighted by Crippen LogP contribution is -2.44. The fourth-order valence-electron chi connectivity index (χ4n) is 3.31. The summed E-state index contributed by atoms with van der Waals surface area (Å²) in [7, 11) is 1.32. The number of carbonyl (C=O) groups is 2. The van der Waals surface area contributed by atoms with Crippen LogP contribution in [0.1, 0.15) is 33.2 Å². The molecule has 1 heterocycles. The van der Waals surface area contributed by atoms with Gasteiger partial charge in [0.25, 0.3) is 5.56 Å². The minimum Gasteiger partial charge on any atom is -0.504 e. The Labute approximate surface area is 188 Å². The number of hydrogen-bond acceptors (Lipinski definition) is 8. The third-order valence-electron chi connectivity index (χ3n) is 5.02. The summed E-state index contributed by atoms with van der Waals surface area (Å²) in [5.41, 5.74) is 4.63. The van der Waals surface area contributed by atoms with Crippen LogP contribution in [0.3, 0.4) is 0 Å². The van der Waals surface area contributed by atoms with E-state index in [0.717, 1.165) is 14.7 Å². The second-order valence-corrected chi connectivity index (χ2v) is 7.02. The highest BCUT2D eigenvalue weighted by atomic mass is 16.5. The van der Waals surface area contributed by atoms with Gasteiger partial charge < -0.3 is 20.3 Å². The van der Waals surface area contributed by atoms with Crippen LogP contribution in [0.5, 0.6) is 11.5 Å². The van der Waals surface area contributed by atoms with E-state index in [1.54, 1.807) is 31.2 Å². The van der Waals surface area contributed by atoms with Gasteiger partial charge in [-0.2, -0.15) is 0 Å². The van der Waals surface area contributed by atoms with Crippen LogP contribution < -0.4 is 21.7 Å². The summed E-state index contributed by atoms with van der Waals surface area (Å²) < 4.78 is 12.0. The third kappa shape index (κ3) is 4.64. The number of Topliss-reactive ketones (excluding diaryl/α,β-unsaturated/α-hetero) is 1. The fourth-order valence-corrected chi connectivity index (χ4v) is 3.31. The van der Waals surface area contributed by atoms with Crippen LogP contribution >= 0.6 is 0 Å². The number of para-hydroxylation sites is 1. The Balaban J connectivity index is 1.93. The average molecular weight is 453 g/mol. The minimum atomic E-state index is -0.994. The Bertz CT molecular complexity index is 1310. The number of phenols is 1. The minimum absolute atomic E-state index is 0.0183. The van der Waals surface area contributed by atoms with Crippen molar-refractivity contribution < 1.29 is 24.2 Å². The lowest BCUT2D eigenvalue weighted by molar-refractivity contribution is 0.0470. The van der Waals surface area contributed by atoms with Crippen molar-refractivity contribution in [2.75, 3.05) is 19.5 Å². The molecule has 0 unspecified atom stereocenters. The van der Waals surface area contributed by atoms with E-state index in [-0.39, 0.29) is 30.2 Å². The van der Waals surface area contributed by atoms with E-state index in [9.17, 15) is 24.3 Å². The molecule has 0 amide bonds. The van der Waals surface area contributed by atoms with Crippen LogP contribution in [0.2, 0.25) is 0 Å². The molecule has 10 nitrogen and oxygen atoms in total. The number of methoxy groups -OCH3 is 1. The number of phenolic OH excluding ortho intramolecular Hbond substituents is 1. The van der Waals surface area contributed by atoms with E-state index >= 15 is 0 Å². The van der Waals surface area contributed by atoms with Gasteiger partial charge in [0.05, 0.1) is 13.7 Å². The van der Waals surface area contributed by atoms with Gasteiger partial charge >= 0.3 is 11.7 Å². The predicted molar refractivity (Wildman–Crippen MR) is 120 cm³/mol. The molecule has 0 aliphatic heterocycles. The van der Waals surface area contributed by atoms with Gasteiger partial charge in [-0.25, -0.2) is 9.59 Å². The zero-order valence-corrected chi connectivity index (χ0v) is 18.1. The number of nitrogens with two attached hydrogens (primary N) is 1. The predicted octanol–water partition coefficient (Wildman–Crippen LogP) is 1.41. The molecule has 0 aliphatic rings. The Hall–Kier alpha value is -4.34. The molecule has 0 saturated heterocycles. The fraction of sp³-hybridized carbons (Fsp3) is 0.217. The van der Waals surface area contributed by atoms with Crippen molar-refractivity contribution in [3.63, 3.8) is 0 Å². The van der Waals surface area contributed by atoms with Gasteiger partial charge in [-0.05, 0) is 24.6 Å². The van der Waals surface area contributed by atoms with Crippen LogP contribution in [-0.2, 0) is 17.8 Å². The molecule has 0 saturated carbocycles. The van der Waals surface area contributed by atoms with Crippen molar-refractivity contribution in [3.8, 4) is 11.5 Å². The van der Waals surface area contributed by atoms with E-state index < -0.39 is 40.9 Å². The maximum Gasteiger partial charge on any atom is 0.342 e. The SMILES string of the molecule is CCn1c(=O)c(C(=O)COC(=O)c2cccc(OC)c2O)c(N)n(Cc2ccccc2)c1=O. The molecule has 0 bridgehead atoms. The second-order valence-electron chi connectivity index (χ2n) is 7.02. The molecule has 0 spiro atoms. The molecule has 10 heteroatoms. The Morgan fingerprint density at radius 2 is 1.73 bits per heavy atom. The van der Waals surface area contributed by atoms with Crippen molar-refractivity contribution in [1.82, 2.24) is 9.13 Å². The number of anilines is 1. The summed E-state index contributed by atoms with van der Waals surface area (Å²) in [4.78, 5) is 50.8. The molecule has 0 aliphatic carbocycles. The van der Waals surface area contributed by atoms with Gasteiger partial charge in [0.2, 0.25) is 5.78 Å². The number of nitrogens with zero attached hydrogens (tertiary/aromatic N) is 2. The van der Waals surface area contributed by atoms with Crippen LogP contribution in [0, 0.1) is 0 Å². The first-order chi connectivity index (χ1) is 15.8. The standard InChI is InChI=1S/C23H23N3O7/c1-3-25-21(29)18(20(24)26(23(25)31)12-14-8-5-4-6-9-14)16(27)13-33-22(30)15-10-7-11-17(32-2)19(15)28/h4-11,28H,3,12-13,24H2,1-2H3. The Morgan fingerprint density at radius 3 is 2.36 bits per heavy atom. The molecule has 0 radical (unpaired) electrons. The quantitative estimate of drug-likeness (QED) is 0.385. The topological polar surface area (TPSA) is 143 Å². The molecule has 0 fully saturated rings. The summed E-state index contributed by atoms with van der Waals surface area (Å²) in [6.07, 6.45) is 0. The van der Waals surface area contributed by atoms with E-state index in [2.05, 4.69) is 0 Å². The molecule has 172 valence electrons. The molecule has 1 aromatic heterocycles. The number of esters is 1. The largest absolute Gasteiger partial charge is 0.504 e. The molecule has 3 N–H and O–H groups in total. The van der Waals surface area contributed by atoms with Crippen LogP contribution in [0.15, 0.2) is 58.1 Å². The van der Waals surface area contributed by atoms with Gasteiger partial charge in [0.1, 0.15) is 16.9 Å². The van der Waals surface area contributed by atoms with Gasteiger partial charge in [0, 0.05) is 6.54 Å². The Kier molecular flexibility index (Phi) is 6.97. The summed E-state index contributed by atoms with van der Waals surface area (Å²) in [5, 5.41) is 10.1. The van der Waals surface area contributed by atoms with E-state index in [1.807, 2.05) is 6.07 Å². The third-order valence-corrected chi connectivity index (χ3v) is 5.02. The maximum atomic E-state index is 12.8. The lowest BCUT2D eigenvalue weighted by Gasteiger charge is -2.16. The highest BCUT2D eigenvalue weighted by Gasteiger charge is 2.24. The van der Waals surface area contributed by atoms with Crippen molar-refractivity contribution >= 4 is 17.6 Å². The number of ether oxygens (including phenoxy) is 2. The van der Waals surface area contributed by atoms with E-state index in [0.29, 0.717) is 0 Å². The monoisotopic (exact) mass is 453 g/mol. The van der Waals surface area contributed by atoms with E-state index in [1.165, 1.54) is 25.3 Å². The number of ketones is 1. The van der Waals surface area contributed by atoms with E-state index in [4.69, 9.17) is 15.2 Å². The summed E-state index contributed by atoms with van der Waals surface area (Å²) >= 11 is 0. The van der Waals surface area contributed by atoms with Crippen molar-refractivity contribution in [3.05, 3.63) is 86.1 Å². The normalized spacial score (nSPS) is 10.6. The number of rotatable bonds is 8. The molecule has 33 heavy (non-hydrogen) atoms. The number of aromatic nitrogens is 2. The number of nitrogen functional groups attached to an aromatic ring is 1. The summed E-state index contributed by atoms with van der Waals surface area (Å²) in [6, 6.07) is 13.1. The highest BCUT2D eigenvalue weighted by molar-refractivity contribution is 6.02. The van der Waals surface area contributed by atoms with Gasteiger partial charge in [-0.3, -0.25) is 18.7 Å². The molecule has 3 rings (SSSR count). The second kappa shape index (κ2) is 9.86. The smallest absolute Gasteiger partial charge is 0.342 e. The van der Waals surface area contributed by atoms with Crippen LogP contribution in [0.25, 0.3) is 0 Å². The zero-order chi connectivity index (χ0) is 24.1. The first kappa shape index (κ1) is 23.3. The zero-order valence-electron chi connectivity index (χ0n) is 18.1. The van der Waals surface area contributed by atoms with Gasteiger partial charge in [-0.1, -0.05) is 36.4 Å². The molecule has 0 atom stereocenters. The summed E-state index contributed by atoms with van der Waals surface area (Å²) in [6.45, 7) is 0.835. The Morgan fingerprint density at radius 1 is 1.03 bits per heavy atom. The number of benzene rings is 2. The molecule has 3 aromatic rings. The number of hydrogen-bond donors (Lipinski definition) is 2. The van der Waals surface area contributed by atoms with Crippen LogP contribution in [-0.4, -0.2) is 39.7 Å². The maximum absolute atomic E-state index is 12.8. The average Bonchev–Trinajstić information content (AvgIpc) is 2.81. The number of aromatic hydroxyl groups is 1. The molecular weight excluding hydrogens is 430 g/mol. The van der Waals surface area contributed by atoms with Crippen LogP contribution in [0.4, 0.5) is 5.82 Å². The first-order valence-electron chi connectivity index (χ1n) is 10.0. The molecular formula is C23H23N3O7. The molecule has 2 aromatic carbocycles. The van der Waals surface area contributed by atoms with Crippen molar-refractivity contribution in [1.29, 1.82) is 0 Å². The highest BCUT2D eigenvalue weighted by Crippen LogP contribution is 2.29.